The number of hydrogen-bond donors (Lipinski definition) is 1. The highest BCUT2D eigenvalue weighted by Crippen LogP contribution is 2.42. The van der Waals surface area contributed by atoms with E-state index >= 15 is 4.39 Å². The summed E-state index contributed by atoms with van der Waals surface area (Å²) in [4.78, 5) is 0. The fourth-order valence-corrected chi connectivity index (χ4v) is 7.91. The van der Waals surface area contributed by atoms with Gasteiger partial charge >= 0.3 is 0 Å². The number of halogens is 1. The molecular weight excluding hydrogens is 638 g/mol. The molecule has 4 heteroatoms. The van der Waals surface area contributed by atoms with Crippen LogP contribution in [0.1, 0.15) is 0 Å². The maximum atomic E-state index is 16.8. The number of aromatic nitrogens is 2. The number of anilines is 1. The lowest BCUT2D eigenvalue weighted by Crippen LogP contribution is -2.02. The SMILES string of the molecule is Nc1ccc(-n2c3ccccc3c3cc(-c4ccc5c(c4)c4ccccc4n5-c4c(F)cc(-c5ccccc5)cc4-c4ccccc4)ccc32)cc1. The van der Waals surface area contributed by atoms with Crippen LogP contribution < -0.4 is 5.73 Å². The highest BCUT2D eigenvalue weighted by Gasteiger charge is 2.21. The minimum absolute atomic E-state index is 0.269. The number of rotatable bonds is 5. The zero-order chi connectivity index (χ0) is 34.8. The van der Waals surface area contributed by atoms with Crippen molar-refractivity contribution in [2.75, 3.05) is 5.73 Å². The van der Waals surface area contributed by atoms with Crippen molar-refractivity contribution in [3.8, 4) is 44.8 Å². The lowest BCUT2D eigenvalue weighted by Gasteiger charge is -2.17. The summed E-state index contributed by atoms with van der Waals surface area (Å²) >= 11 is 0. The van der Waals surface area contributed by atoms with E-state index in [0.29, 0.717) is 5.69 Å². The summed E-state index contributed by atoms with van der Waals surface area (Å²) in [5.41, 5.74) is 18.4. The van der Waals surface area contributed by atoms with Crippen LogP contribution in [0.3, 0.4) is 0 Å². The van der Waals surface area contributed by atoms with Crippen LogP contribution >= 0.6 is 0 Å². The fourth-order valence-electron chi connectivity index (χ4n) is 7.91. The van der Waals surface area contributed by atoms with Crippen LogP contribution in [-0.2, 0) is 0 Å². The van der Waals surface area contributed by atoms with Gasteiger partial charge in [0.05, 0.1) is 27.8 Å². The molecule has 0 bridgehead atoms. The Labute approximate surface area is 300 Å². The monoisotopic (exact) mass is 669 g/mol. The number of hydrogen-bond acceptors (Lipinski definition) is 1. The van der Waals surface area contributed by atoms with Gasteiger partial charge in [0.2, 0.25) is 0 Å². The Morgan fingerprint density at radius 2 is 0.865 bits per heavy atom. The molecular formula is C48H32FN3. The molecule has 10 aromatic rings. The molecule has 10 rings (SSSR count). The van der Waals surface area contributed by atoms with E-state index in [0.717, 1.165) is 77.6 Å². The standard InChI is InChI=1S/C48H32FN3/c49-43-30-35(31-11-3-1-4-12-31)29-40(32-13-5-2-6-14-32)48(43)52-45-18-10-8-16-39(45)42-28-34(20-26-47(42)52)33-19-25-46-41(27-33)38-15-7-9-17-44(38)51(46)37-23-21-36(50)22-24-37/h1-30H,50H2. The van der Waals surface area contributed by atoms with Crippen molar-refractivity contribution < 1.29 is 4.39 Å². The Morgan fingerprint density at radius 1 is 0.365 bits per heavy atom. The minimum atomic E-state index is -0.269. The minimum Gasteiger partial charge on any atom is -0.399 e. The summed E-state index contributed by atoms with van der Waals surface area (Å²) in [6.07, 6.45) is 0. The van der Waals surface area contributed by atoms with Crippen molar-refractivity contribution >= 4 is 49.3 Å². The van der Waals surface area contributed by atoms with E-state index in [-0.39, 0.29) is 5.82 Å². The Morgan fingerprint density at radius 3 is 1.48 bits per heavy atom. The Kier molecular flexibility index (Phi) is 6.83. The first-order valence-corrected chi connectivity index (χ1v) is 17.5. The number of nitrogen functional groups attached to an aromatic ring is 1. The molecule has 8 aromatic carbocycles. The molecule has 0 aliphatic carbocycles. The second kappa shape index (κ2) is 11.9. The summed E-state index contributed by atoms with van der Waals surface area (Å²) in [6, 6.07) is 62.1. The fraction of sp³-hybridized carbons (Fsp3) is 0. The predicted molar refractivity (Wildman–Crippen MR) is 216 cm³/mol. The van der Waals surface area contributed by atoms with Crippen LogP contribution in [0.4, 0.5) is 10.1 Å². The van der Waals surface area contributed by atoms with E-state index in [4.69, 9.17) is 5.73 Å². The molecule has 2 N–H and O–H groups in total. The van der Waals surface area contributed by atoms with E-state index in [9.17, 15) is 0 Å². The average Bonchev–Trinajstić information content (AvgIpc) is 3.71. The summed E-state index contributed by atoms with van der Waals surface area (Å²) in [7, 11) is 0. The van der Waals surface area contributed by atoms with Crippen molar-refractivity contribution in [2.24, 2.45) is 0 Å². The molecule has 0 saturated heterocycles. The molecule has 52 heavy (non-hydrogen) atoms. The highest BCUT2D eigenvalue weighted by atomic mass is 19.1. The first-order valence-electron chi connectivity index (χ1n) is 17.5. The summed E-state index contributed by atoms with van der Waals surface area (Å²) in [6.45, 7) is 0. The molecule has 0 radical (unpaired) electrons. The van der Waals surface area contributed by atoms with Gasteiger partial charge in [-0.3, -0.25) is 0 Å². The molecule has 0 unspecified atom stereocenters. The maximum Gasteiger partial charge on any atom is 0.148 e. The van der Waals surface area contributed by atoms with Crippen molar-refractivity contribution in [1.82, 2.24) is 9.13 Å². The molecule has 0 aliphatic rings. The van der Waals surface area contributed by atoms with Crippen molar-refractivity contribution in [3.05, 3.63) is 188 Å². The number of nitrogens with zero attached hydrogens (tertiary/aromatic N) is 2. The molecule has 0 spiro atoms. The largest absolute Gasteiger partial charge is 0.399 e. The van der Waals surface area contributed by atoms with Gasteiger partial charge < -0.3 is 14.9 Å². The van der Waals surface area contributed by atoms with Gasteiger partial charge in [-0.1, -0.05) is 109 Å². The second-order valence-electron chi connectivity index (χ2n) is 13.3. The molecule has 246 valence electrons. The summed E-state index contributed by atoms with van der Waals surface area (Å²) in [5, 5.41) is 4.52. The zero-order valence-corrected chi connectivity index (χ0v) is 28.2. The number of fused-ring (bicyclic) bond motifs is 6. The van der Waals surface area contributed by atoms with Gasteiger partial charge in [0.25, 0.3) is 0 Å². The van der Waals surface area contributed by atoms with Crippen molar-refractivity contribution in [1.29, 1.82) is 0 Å². The molecule has 0 amide bonds. The van der Waals surface area contributed by atoms with Gasteiger partial charge in [-0.15, -0.1) is 0 Å². The quantitative estimate of drug-likeness (QED) is 0.182. The molecule has 2 heterocycles. The van der Waals surface area contributed by atoms with E-state index in [2.05, 4.69) is 118 Å². The van der Waals surface area contributed by atoms with Gasteiger partial charge in [-0.2, -0.15) is 0 Å². The zero-order valence-electron chi connectivity index (χ0n) is 28.2. The van der Waals surface area contributed by atoms with E-state index in [1.54, 1.807) is 6.07 Å². The maximum absolute atomic E-state index is 16.8. The molecule has 0 fully saturated rings. The Balaban J connectivity index is 1.18. The first-order chi connectivity index (χ1) is 25.6. The lowest BCUT2D eigenvalue weighted by atomic mass is 9.96. The summed E-state index contributed by atoms with van der Waals surface area (Å²) < 4.78 is 21.2. The van der Waals surface area contributed by atoms with Gasteiger partial charge in [0, 0.05) is 38.5 Å². The van der Waals surface area contributed by atoms with Gasteiger partial charge in [-0.25, -0.2) is 4.39 Å². The average molecular weight is 670 g/mol. The van der Waals surface area contributed by atoms with E-state index < -0.39 is 0 Å². The van der Waals surface area contributed by atoms with Crippen LogP contribution in [0.15, 0.2) is 182 Å². The molecule has 0 saturated carbocycles. The molecule has 0 aliphatic heterocycles. The molecule has 3 nitrogen and oxygen atoms in total. The van der Waals surface area contributed by atoms with Crippen LogP contribution in [0.25, 0.3) is 88.4 Å². The number of para-hydroxylation sites is 2. The number of nitrogens with two attached hydrogens (primary N) is 1. The first kappa shape index (κ1) is 30.0. The predicted octanol–water partition coefficient (Wildman–Crippen LogP) is 12.6. The second-order valence-corrected chi connectivity index (χ2v) is 13.3. The van der Waals surface area contributed by atoms with Crippen molar-refractivity contribution in [2.45, 2.75) is 0 Å². The van der Waals surface area contributed by atoms with Crippen LogP contribution in [0.2, 0.25) is 0 Å². The topological polar surface area (TPSA) is 35.9 Å². The third kappa shape index (κ3) is 4.73. The third-order valence-corrected chi connectivity index (χ3v) is 10.3. The highest BCUT2D eigenvalue weighted by molar-refractivity contribution is 6.13. The van der Waals surface area contributed by atoms with E-state index in [1.807, 2.05) is 66.7 Å². The van der Waals surface area contributed by atoms with Crippen LogP contribution in [0.5, 0.6) is 0 Å². The number of benzene rings is 8. The van der Waals surface area contributed by atoms with E-state index in [1.165, 1.54) is 10.8 Å². The molecule has 0 atom stereocenters. The van der Waals surface area contributed by atoms with Crippen molar-refractivity contribution in [3.63, 3.8) is 0 Å². The Hall–Kier alpha value is -6.91. The third-order valence-electron chi connectivity index (χ3n) is 10.3. The van der Waals surface area contributed by atoms with Gasteiger partial charge in [0.1, 0.15) is 5.82 Å². The Bertz CT molecular complexity index is 2960. The summed E-state index contributed by atoms with van der Waals surface area (Å²) in [5.74, 6) is -0.269. The van der Waals surface area contributed by atoms with Gasteiger partial charge in [-0.05, 0) is 101 Å². The lowest BCUT2D eigenvalue weighted by molar-refractivity contribution is 0.622. The van der Waals surface area contributed by atoms with Crippen LogP contribution in [-0.4, -0.2) is 9.13 Å². The van der Waals surface area contributed by atoms with Gasteiger partial charge in [0.15, 0.2) is 0 Å². The molecule has 2 aromatic heterocycles. The smallest absolute Gasteiger partial charge is 0.148 e. The van der Waals surface area contributed by atoms with Crippen LogP contribution in [0, 0.1) is 5.82 Å². The normalized spacial score (nSPS) is 11.6.